The first-order valence-corrected chi connectivity index (χ1v) is 10.0. The molecule has 0 bridgehead atoms. The molecule has 0 saturated heterocycles. The number of amides is 1. The Morgan fingerprint density at radius 2 is 2.06 bits per heavy atom. The van der Waals surface area contributed by atoms with Crippen molar-refractivity contribution in [1.82, 2.24) is 4.90 Å². The molecule has 2 rings (SSSR count). The van der Waals surface area contributed by atoms with Gasteiger partial charge in [-0.2, -0.15) is 0 Å². The van der Waals surface area contributed by atoms with Crippen LogP contribution in [0.5, 0.6) is 5.75 Å². The van der Waals surface area contributed by atoms with E-state index in [1.165, 1.54) is 4.90 Å². The summed E-state index contributed by atoms with van der Waals surface area (Å²) in [7, 11) is 0. The number of aliphatic hydroxyl groups excluding tert-OH is 2. The summed E-state index contributed by atoms with van der Waals surface area (Å²) >= 11 is 6.07. The van der Waals surface area contributed by atoms with Crippen LogP contribution in [0, 0.1) is 5.41 Å². The average molecular weight is 454 g/mol. The second-order valence-corrected chi connectivity index (χ2v) is 7.20. The minimum atomic E-state index is -1.05. The highest BCUT2D eigenvalue weighted by Crippen LogP contribution is 2.25. The molecule has 170 valence electrons. The fourth-order valence-electron chi connectivity index (χ4n) is 2.80. The van der Waals surface area contributed by atoms with Crippen LogP contribution >= 0.6 is 11.6 Å². The predicted molar refractivity (Wildman–Crippen MR) is 119 cm³/mol. The van der Waals surface area contributed by atoms with Crippen LogP contribution in [0.1, 0.15) is 19.8 Å². The molecule has 1 aliphatic rings. The number of halogens is 1. The molecular weight excluding hydrogens is 426 g/mol. The van der Waals surface area contributed by atoms with E-state index in [0.29, 0.717) is 18.0 Å². The van der Waals surface area contributed by atoms with Crippen LogP contribution in [-0.2, 0) is 4.79 Å². The van der Waals surface area contributed by atoms with Crippen molar-refractivity contribution in [3.8, 4) is 5.75 Å². The maximum atomic E-state index is 11.7. The molecule has 2 atom stereocenters. The van der Waals surface area contributed by atoms with Gasteiger partial charge in [0.05, 0.1) is 6.61 Å². The van der Waals surface area contributed by atoms with Crippen LogP contribution < -0.4 is 26.8 Å². The highest BCUT2D eigenvalue weighted by Gasteiger charge is 2.34. The van der Waals surface area contributed by atoms with Crippen molar-refractivity contribution >= 4 is 34.3 Å². The van der Waals surface area contributed by atoms with Crippen molar-refractivity contribution in [1.29, 1.82) is 5.41 Å². The zero-order chi connectivity index (χ0) is 23.1. The van der Waals surface area contributed by atoms with Crippen molar-refractivity contribution in [2.45, 2.75) is 32.0 Å². The maximum absolute atomic E-state index is 11.7. The van der Waals surface area contributed by atoms with Crippen LogP contribution in [0.4, 0.5) is 5.69 Å². The Labute approximate surface area is 185 Å². The Morgan fingerprint density at radius 3 is 2.61 bits per heavy atom. The first-order valence-electron chi connectivity index (χ1n) is 9.67. The molecule has 1 aromatic rings. The molecule has 0 spiro atoms. The van der Waals surface area contributed by atoms with Crippen molar-refractivity contribution in [3.05, 3.63) is 35.8 Å². The van der Waals surface area contributed by atoms with E-state index in [1.807, 2.05) is 6.92 Å². The normalized spacial score (nSPS) is 17.3. The summed E-state index contributed by atoms with van der Waals surface area (Å²) in [5.41, 5.74) is 17.9. The Kier molecular flexibility index (Phi) is 8.63. The number of carbonyl (C=O) groups excluding carboxylic acids is 1. The third-order valence-corrected chi connectivity index (χ3v) is 4.81. The van der Waals surface area contributed by atoms with E-state index in [0.717, 1.165) is 12.8 Å². The van der Waals surface area contributed by atoms with Gasteiger partial charge in [-0.15, -0.1) is 0 Å². The summed E-state index contributed by atoms with van der Waals surface area (Å²) in [4.78, 5) is 18.4. The number of rotatable bonds is 9. The Hall–Kier alpha value is -2.86. The smallest absolute Gasteiger partial charge is 0.271 e. The Bertz CT molecular complexity index is 859. The van der Waals surface area contributed by atoms with Crippen molar-refractivity contribution in [2.24, 2.45) is 22.2 Å². The average Bonchev–Trinajstić information content (AvgIpc) is 2.75. The molecule has 31 heavy (non-hydrogen) atoms. The van der Waals surface area contributed by atoms with E-state index in [4.69, 9.17) is 44.1 Å². The van der Waals surface area contributed by atoms with Crippen molar-refractivity contribution in [3.63, 3.8) is 0 Å². The van der Waals surface area contributed by atoms with Gasteiger partial charge in [0.25, 0.3) is 5.91 Å². The number of ether oxygens (including phenoxy) is 1. The molecule has 0 radical (unpaired) electrons. The molecule has 0 fully saturated rings. The van der Waals surface area contributed by atoms with Crippen LogP contribution in [0.2, 0.25) is 0 Å². The first-order chi connectivity index (χ1) is 14.7. The lowest BCUT2D eigenvalue weighted by Crippen LogP contribution is -2.57. The molecule has 11 nitrogen and oxygen atoms in total. The van der Waals surface area contributed by atoms with E-state index in [2.05, 4.69) is 4.99 Å². The topological polar surface area (TPSA) is 188 Å². The summed E-state index contributed by atoms with van der Waals surface area (Å²) in [6, 6.07) is 6.80. The largest absolute Gasteiger partial charge is 0.491 e. The van der Waals surface area contributed by atoms with Gasteiger partial charge in [-0.25, -0.2) is 4.99 Å². The number of hydrogen-bond donors (Lipinski definition) is 6. The number of nitrogens with two attached hydrogens (primary N) is 3. The number of benzene rings is 1. The number of hydrogen-bond acceptors (Lipinski definition) is 8. The van der Waals surface area contributed by atoms with Gasteiger partial charge in [-0.3, -0.25) is 15.1 Å². The summed E-state index contributed by atoms with van der Waals surface area (Å²) < 4.78 is 5.42. The van der Waals surface area contributed by atoms with Crippen molar-refractivity contribution < 1.29 is 19.7 Å². The summed E-state index contributed by atoms with van der Waals surface area (Å²) in [5, 5.41) is 26.9. The number of aliphatic hydroxyl groups is 2. The fourth-order valence-corrected chi connectivity index (χ4v) is 2.98. The predicted octanol–water partition coefficient (Wildman–Crippen LogP) is -0.189. The number of anilines is 1. The standard InChI is InChI=1S/C19H28ClN7O4/c1-2-3-8-26(11-4-6-13(7-5-11)31-10-12(29)9-28)19(24)27-16(21)14(18(23)30)25-15(20)17(27)22/h4-7,12,17,24,28-29H,2-3,8-10,21-22H2,1H3,(H2,23,30)/t12-,17?/m1/s1. The lowest BCUT2D eigenvalue weighted by molar-refractivity contribution is -0.114. The number of primary amides is 1. The summed E-state index contributed by atoms with van der Waals surface area (Å²) in [6.07, 6.45) is -0.393. The lowest BCUT2D eigenvalue weighted by Gasteiger charge is -2.38. The van der Waals surface area contributed by atoms with Gasteiger partial charge in [0.15, 0.2) is 5.70 Å². The molecular formula is C19H28ClN7O4. The number of nitrogens with zero attached hydrogens (tertiary/aromatic N) is 3. The molecule has 1 heterocycles. The maximum Gasteiger partial charge on any atom is 0.271 e. The molecule has 1 aromatic carbocycles. The lowest BCUT2D eigenvalue weighted by atomic mass is 10.2. The van der Waals surface area contributed by atoms with E-state index in [-0.39, 0.29) is 29.3 Å². The molecule has 9 N–H and O–H groups in total. The minimum Gasteiger partial charge on any atom is -0.491 e. The van der Waals surface area contributed by atoms with Crippen LogP contribution in [-0.4, -0.2) is 64.2 Å². The van der Waals surface area contributed by atoms with Gasteiger partial charge >= 0.3 is 0 Å². The SMILES string of the molecule is CCCCN(C(=N)N1C(N)=C(C(N)=O)N=C(Cl)C1N)c1ccc(OC[C@H](O)CO)cc1. The van der Waals surface area contributed by atoms with Gasteiger partial charge in [0.2, 0.25) is 5.96 Å². The Balaban J connectivity index is 2.32. The number of carbonyl (C=O) groups is 1. The Morgan fingerprint density at radius 1 is 1.42 bits per heavy atom. The third-order valence-electron chi connectivity index (χ3n) is 4.50. The highest BCUT2D eigenvalue weighted by atomic mass is 35.5. The number of unbranched alkanes of at least 4 members (excludes halogenated alkanes) is 1. The fraction of sp³-hybridized carbons (Fsp3) is 0.421. The minimum absolute atomic E-state index is 0.0527. The van der Waals surface area contributed by atoms with E-state index in [9.17, 15) is 9.90 Å². The summed E-state index contributed by atoms with van der Waals surface area (Å²) in [6.45, 7) is 2.03. The monoisotopic (exact) mass is 453 g/mol. The molecule has 1 amide bonds. The number of aliphatic imine (C=N–C) groups is 1. The van der Waals surface area contributed by atoms with Gasteiger partial charge in [0.1, 0.15) is 35.6 Å². The highest BCUT2D eigenvalue weighted by molar-refractivity contribution is 6.67. The second-order valence-electron chi connectivity index (χ2n) is 6.82. The quantitative estimate of drug-likeness (QED) is 0.219. The van der Waals surface area contributed by atoms with Crippen LogP contribution in [0.3, 0.4) is 0 Å². The van der Waals surface area contributed by atoms with Gasteiger partial charge in [-0.1, -0.05) is 24.9 Å². The van der Waals surface area contributed by atoms with E-state index >= 15 is 0 Å². The second kappa shape index (κ2) is 11.0. The molecule has 0 aliphatic carbocycles. The van der Waals surface area contributed by atoms with E-state index in [1.54, 1.807) is 29.2 Å². The molecule has 1 unspecified atom stereocenters. The molecule has 12 heteroatoms. The molecule has 0 saturated carbocycles. The first kappa shape index (κ1) is 24.4. The molecule has 1 aliphatic heterocycles. The van der Waals surface area contributed by atoms with Gasteiger partial charge < -0.3 is 37.1 Å². The summed E-state index contributed by atoms with van der Waals surface area (Å²) in [5.74, 6) is -0.658. The van der Waals surface area contributed by atoms with E-state index < -0.39 is 24.8 Å². The number of nitrogens with one attached hydrogen (secondary N) is 1. The van der Waals surface area contributed by atoms with Gasteiger partial charge in [0, 0.05) is 12.2 Å². The van der Waals surface area contributed by atoms with Crippen LogP contribution in [0.15, 0.2) is 40.8 Å². The third kappa shape index (κ3) is 5.85. The molecule has 0 aromatic heterocycles. The number of guanidine groups is 1. The zero-order valence-electron chi connectivity index (χ0n) is 17.2. The zero-order valence-corrected chi connectivity index (χ0v) is 17.9. The van der Waals surface area contributed by atoms with Crippen LogP contribution in [0.25, 0.3) is 0 Å². The van der Waals surface area contributed by atoms with Gasteiger partial charge in [-0.05, 0) is 30.7 Å². The van der Waals surface area contributed by atoms with Crippen molar-refractivity contribution in [2.75, 3.05) is 24.7 Å².